The van der Waals surface area contributed by atoms with E-state index in [-0.39, 0.29) is 22.1 Å². The number of nitrogen functional groups attached to an aromatic ring is 1. The summed E-state index contributed by atoms with van der Waals surface area (Å²) in [6.45, 7) is 0. The maximum absolute atomic E-state index is 13.4. The molecule has 1 aromatic carbocycles. The lowest BCUT2D eigenvalue weighted by atomic mass is 10.2. The zero-order valence-corrected chi connectivity index (χ0v) is 9.55. The fourth-order valence-corrected chi connectivity index (χ4v) is 1.56. The van der Waals surface area contributed by atoms with Crippen molar-refractivity contribution < 1.29 is 13.6 Å². The number of nitrogens with zero attached hydrogens (tertiary/aromatic N) is 1. The summed E-state index contributed by atoms with van der Waals surface area (Å²) < 4.78 is 26.2. The fraction of sp³-hybridized carbons (Fsp3) is 0. The molecule has 0 saturated carbocycles. The van der Waals surface area contributed by atoms with Crippen LogP contribution >= 0.6 is 11.6 Å². The highest BCUT2D eigenvalue weighted by Gasteiger charge is 2.16. The van der Waals surface area contributed by atoms with E-state index >= 15 is 0 Å². The van der Waals surface area contributed by atoms with Gasteiger partial charge in [0.2, 0.25) is 0 Å². The molecule has 5 nitrogen and oxygen atoms in total. The first-order valence-corrected chi connectivity index (χ1v) is 5.11. The largest absolute Gasteiger partial charge is 0.383 e. The van der Waals surface area contributed by atoms with Crippen LogP contribution in [0.4, 0.5) is 20.3 Å². The van der Waals surface area contributed by atoms with Gasteiger partial charge in [0.1, 0.15) is 17.2 Å². The van der Waals surface area contributed by atoms with Gasteiger partial charge in [0, 0.05) is 6.07 Å². The summed E-state index contributed by atoms with van der Waals surface area (Å²) in [4.78, 5) is 11.7. The minimum Gasteiger partial charge on any atom is -0.383 e. The zero-order chi connectivity index (χ0) is 13.3. The van der Waals surface area contributed by atoms with Crippen molar-refractivity contribution in [3.8, 4) is 0 Å². The Balaban J connectivity index is 2.31. The van der Waals surface area contributed by atoms with Gasteiger partial charge >= 0.3 is 0 Å². The van der Waals surface area contributed by atoms with E-state index in [1.807, 2.05) is 0 Å². The third kappa shape index (κ3) is 2.25. The van der Waals surface area contributed by atoms with Gasteiger partial charge in [-0.15, -0.1) is 0 Å². The van der Waals surface area contributed by atoms with Crippen LogP contribution in [0.1, 0.15) is 10.4 Å². The highest BCUT2D eigenvalue weighted by atomic mass is 35.5. The molecule has 0 fully saturated rings. The molecule has 0 atom stereocenters. The number of amides is 1. The molecule has 2 aromatic rings. The molecule has 0 spiro atoms. The van der Waals surface area contributed by atoms with Gasteiger partial charge in [-0.2, -0.15) is 5.10 Å². The van der Waals surface area contributed by atoms with E-state index in [1.165, 1.54) is 6.20 Å². The van der Waals surface area contributed by atoms with E-state index in [2.05, 4.69) is 15.5 Å². The lowest BCUT2D eigenvalue weighted by molar-refractivity contribution is 0.102. The second-order valence-corrected chi connectivity index (χ2v) is 3.80. The predicted octanol–water partition coefficient (Wildman–Crippen LogP) is 2.18. The molecule has 0 unspecified atom stereocenters. The highest BCUT2D eigenvalue weighted by molar-refractivity contribution is 6.34. The molecule has 18 heavy (non-hydrogen) atoms. The molecular formula is C10H7ClF2N4O. The van der Waals surface area contributed by atoms with E-state index < -0.39 is 17.5 Å². The number of nitrogens with one attached hydrogen (secondary N) is 2. The Kier molecular flexibility index (Phi) is 3.15. The number of nitrogens with two attached hydrogens (primary N) is 1. The predicted molar refractivity (Wildman–Crippen MR) is 62.3 cm³/mol. The van der Waals surface area contributed by atoms with E-state index in [9.17, 15) is 13.6 Å². The van der Waals surface area contributed by atoms with Crippen molar-refractivity contribution >= 4 is 29.0 Å². The summed E-state index contributed by atoms with van der Waals surface area (Å²) in [5, 5.41) is 7.85. The fourth-order valence-electron chi connectivity index (χ4n) is 1.32. The number of hydrogen-bond donors (Lipinski definition) is 3. The van der Waals surface area contributed by atoms with Crippen molar-refractivity contribution in [2.24, 2.45) is 0 Å². The molecule has 1 amide bonds. The third-order valence-electron chi connectivity index (χ3n) is 2.16. The summed E-state index contributed by atoms with van der Waals surface area (Å²) in [5.41, 5.74) is 5.15. The second-order valence-electron chi connectivity index (χ2n) is 3.40. The Hall–Kier alpha value is -2.15. The van der Waals surface area contributed by atoms with Gasteiger partial charge < -0.3 is 11.1 Å². The number of anilines is 2. The molecule has 2 rings (SSSR count). The Morgan fingerprint density at radius 2 is 2.17 bits per heavy atom. The van der Waals surface area contributed by atoms with Crippen molar-refractivity contribution in [3.63, 3.8) is 0 Å². The molecule has 0 radical (unpaired) electrons. The van der Waals surface area contributed by atoms with Gasteiger partial charge in [-0.05, 0) is 6.07 Å². The molecule has 0 saturated heterocycles. The van der Waals surface area contributed by atoms with Crippen LogP contribution in [0, 0.1) is 11.6 Å². The van der Waals surface area contributed by atoms with Crippen LogP contribution in [0.2, 0.25) is 5.02 Å². The first-order chi connectivity index (χ1) is 8.49. The first kappa shape index (κ1) is 12.3. The monoisotopic (exact) mass is 272 g/mol. The summed E-state index contributed by atoms with van der Waals surface area (Å²) in [6, 6.07) is 1.50. The number of aromatic nitrogens is 2. The smallest absolute Gasteiger partial charge is 0.261 e. The second kappa shape index (κ2) is 4.61. The average molecular weight is 273 g/mol. The van der Waals surface area contributed by atoms with Crippen LogP contribution in [0.15, 0.2) is 18.3 Å². The van der Waals surface area contributed by atoms with Crippen LogP contribution in [0.3, 0.4) is 0 Å². The molecule has 0 aliphatic rings. The van der Waals surface area contributed by atoms with E-state index in [1.54, 1.807) is 0 Å². The molecule has 0 bridgehead atoms. The molecule has 0 aliphatic carbocycles. The van der Waals surface area contributed by atoms with Crippen LogP contribution in [0.25, 0.3) is 0 Å². The van der Waals surface area contributed by atoms with Crippen LogP contribution in [0.5, 0.6) is 0 Å². The van der Waals surface area contributed by atoms with Gasteiger partial charge in [-0.25, -0.2) is 8.78 Å². The molecular weight excluding hydrogens is 266 g/mol. The number of rotatable bonds is 2. The number of carbonyl (C=O) groups excluding carboxylic acids is 1. The van der Waals surface area contributed by atoms with E-state index in [4.69, 9.17) is 17.3 Å². The Morgan fingerprint density at radius 3 is 2.72 bits per heavy atom. The lowest BCUT2D eigenvalue weighted by Crippen LogP contribution is -2.14. The summed E-state index contributed by atoms with van der Waals surface area (Å²) >= 11 is 5.63. The first-order valence-electron chi connectivity index (χ1n) is 4.73. The van der Waals surface area contributed by atoms with Gasteiger partial charge in [0.15, 0.2) is 5.82 Å². The van der Waals surface area contributed by atoms with E-state index in [0.29, 0.717) is 6.07 Å². The Morgan fingerprint density at radius 1 is 1.44 bits per heavy atom. The average Bonchev–Trinajstić information content (AvgIpc) is 2.69. The van der Waals surface area contributed by atoms with Crippen molar-refractivity contribution in [1.82, 2.24) is 10.2 Å². The number of halogens is 3. The minimum absolute atomic E-state index is 0.0335. The number of H-pyrrole nitrogens is 1. The summed E-state index contributed by atoms with van der Waals surface area (Å²) in [7, 11) is 0. The van der Waals surface area contributed by atoms with Gasteiger partial charge in [0.05, 0.1) is 16.9 Å². The van der Waals surface area contributed by atoms with Crippen molar-refractivity contribution in [1.29, 1.82) is 0 Å². The van der Waals surface area contributed by atoms with Gasteiger partial charge in [0.25, 0.3) is 5.91 Å². The van der Waals surface area contributed by atoms with Crippen LogP contribution in [-0.2, 0) is 0 Å². The standard InChI is InChI=1S/C10H7ClF2N4O/c11-6-1-4(12)2-7(13)8(6)16-10(18)5-3-15-17-9(5)14/h1-3H,(H,16,18)(H3,14,15,17). The maximum Gasteiger partial charge on any atom is 0.261 e. The SMILES string of the molecule is Nc1[nH]ncc1C(=O)Nc1c(F)cc(F)cc1Cl. The van der Waals surface area contributed by atoms with Crippen LogP contribution in [-0.4, -0.2) is 16.1 Å². The molecule has 8 heteroatoms. The van der Waals surface area contributed by atoms with E-state index in [0.717, 1.165) is 6.07 Å². The third-order valence-corrected chi connectivity index (χ3v) is 2.46. The number of carbonyl (C=O) groups is 1. The molecule has 94 valence electrons. The molecule has 4 N–H and O–H groups in total. The Labute approximate surface area is 105 Å². The normalized spacial score (nSPS) is 10.4. The maximum atomic E-state index is 13.4. The molecule has 1 heterocycles. The Bertz CT molecular complexity index is 591. The topological polar surface area (TPSA) is 83.8 Å². The summed E-state index contributed by atoms with van der Waals surface area (Å²) in [5.74, 6) is -2.48. The van der Waals surface area contributed by atoms with Gasteiger partial charge in [-0.1, -0.05) is 11.6 Å². The number of hydrogen-bond acceptors (Lipinski definition) is 3. The summed E-state index contributed by atoms with van der Waals surface area (Å²) in [6.07, 6.45) is 1.18. The number of benzene rings is 1. The highest BCUT2D eigenvalue weighted by Crippen LogP contribution is 2.27. The van der Waals surface area contributed by atoms with Crippen molar-refractivity contribution in [3.05, 3.63) is 40.6 Å². The van der Waals surface area contributed by atoms with Gasteiger partial charge in [-0.3, -0.25) is 9.89 Å². The number of aromatic amines is 1. The minimum atomic E-state index is -0.976. The zero-order valence-electron chi connectivity index (χ0n) is 8.80. The van der Waals surface area contributed by atoms with Crippen LogP contribution < -0.4 is 11.1 Å². The molecule has 0 aliphatic heterocycles. The van der Waals surface area contributed by atoms with Crippen molar-refractivity contribution in [2.75, 3.05) is 11.1 Å². The van der Waals surface area contributed by atoms with Crippen molar-refractivity contribution in [2.45, 2.75) is 0 Å². The lowest BCUT2D eigenvalue weighted by Gasteiger charge is -2.07. The quantitative estimate of drug-likeness (QED) is 0.783. The molecule has 1 aromatic heterocycles.